The standard InChI is InChI=1S/C29H28N4O3/c1-20-9-13-23(14-10-20)33-27(34)26-17-25(22-11-15-24(36-3)16-12-22)31-32(26)19-29(33,2)28(35)30-18-21-7-5-4-6-8-21/h4-17H,18-19H2,1-3H3,(H,30,35)/t29-/m0/s1. The highest BCUT2D eigenvalue weighted by molar-refractivity contribution is 6.12. The Hall–Kier alpha value is -4.39. The van der Waals surface area contributed by atoms with E-state index in [2.05, 4.69) is 5.32 Å². The van der Waals surface area contributed by atoms with Crippen LogP contribution in [0.15, 0.2) is 84.9 Å². The first-order valence-electron chi connectivity index (χ1n) is 11.8. The van der Waals surface area contributed by atoms with E-state index in [4.69, 9.17) is 9.84 Å². The van der Waals surface area contributed by atoms with Crippen LogP contribution in [-0.2, 0) is 17.9 Å². The second-order valence-corrected chi connectivity index (χ2v) is 9.22. The van der Waals surface area contributed by atoms with Crippen molar-refractivity contribution in [2.24, 2.45) is 0 Å². The molecular weight excluding hydrogens is 452 g/mol. The van der Waals surface area contributed by atoms with Crippen LogP contribution in [0.4, 0.5) is 5.69 Å². The minimum Gasteiger partial charge on any atom is -0.497 e. The largest absolute Gasteiger partial charge is 0.497 e. The zero-order valence-corrected chi connectivity index (χ0v) is 20.6. The first-order valence-corrected chi connectivity index (χ1v) is 11.8. The lowest BCUT2D eigenvalue weighted by molar-refractivity contribution is -0.126. The third-order valence-electron chi connectivity index (χ3n) is 6.62. The molecule has 1 aliphatic rings. The first-order chi connectivity index (χ1) is 17.4. The second kappa shape index (κ2) is 9.34. The fourth-order valence-electron chi connectivity index (χ4n) is 4.55. The van der Waals surface area contributed by atoms with E-state index in [1.54, 1.807) is 29.7 Å². The van der Waals surface area contributed by atoms with Crippen molar-refractivity contribution in [2.75, 3.05) is 12.0 Å². The quantitative estimate of drug-likeness (QED) is 0.438. The van der Waals surface area contributed by atoms with Gasteiger partial charge >= 0.3 is 0 Å². The molecule has 1 atom stereocenters. The number of benzene rings is 3. The number of fused-ring (bicyclic) bond motifs is 1. The number of hydrogen-bond donors (Lipinski definition) is 1. The first kappa shape index (κ1) is 23.4. The summed E-state index contributed by atoms with van der Waals surface area (Å²) in [5, 5.41) is 7.75. The number of nitrogens with one attached hydrogen (secondary N) is 1. The lowest BCUT2D eigenvalue weighted by Crippen LogP contribution is -2.64. The molecule has 1 aliphatic heterocycles. The van der Waals surface area contributed by atoms with Crippen LogP contribution in [0, 0.1) is 6.92 Å². The molecule has 5 rings (SSSR count). The molecule has 3 aromatic carbocycles. The smallest absolute Gasteiger partial charge is 0.277 e. The van der Waals surface area contributed by atoms with Crippen molar-refractivity contribution in [2.45, 2.75) is 32.5 Å². The molecular formula is C29H28N4O3. The minimum atomic E-state index is -1.18. The Morgan fingerprint density at radius 3 is 2.39 bits per heavy atom. The van der Waals surface area contributed by atoms with Gasteiger partial charge in [-0.3, -0.25) is 19.2 Å². The molecule has 182 valence electrons. The van der Waals surface area contributed by atoms with Gasteiger partial charge in [-0.1, -0.05) is 48.0 Å². The number of carbonyl (C=O) groups excluding carboxylic acids is 2. The monoisotopic (exact) mass is 480 g/mol. The summed E-state index contributed by atoms with van der Waals surface area (Å²) < 4.78 is 6.90. The number of anilines is 1. The number of amides is 2. The van der Waals surface area contributed by atoms with Gasteiger partial charge < -0.3 is 10.1 Å². The number of ether oxygens (including phenoxy) is 1. The number of carbonyl (C=O) groups is 2. The number of aromatic nitrogens is 2. The van der Waals surface area contributed by atoms with Crippen molar-refractivity contribution in [3.63, 3.8) is 0 Å². The molecule has 7 heteroatoms. The maximum atomic E-state index is 13.9. The van der Waals surface area contributed by atoms with Crippen LogP contribution in [0.2, 0.25) is 0 Å². The van der Waals surface area contributed by atoms with Gasteiger partial charge in [0.15, 0.2) is 0 Å². The van der Waals surface area contributed by atoms with Crippen molar-refractivity contribution < 1.29 is 14.3 Å². The Bertz CT molecular complexity index is 1390. The minimum absolute atomic E-state index is 0.221. The number of methoxy groups -OCH3 is 1. The van der Waals surface area contributed by atoms with Crippen molar-refractivity contribution >= 4 is 17.5 Å². The second-order valence-electron chi connectivity index (χ2n) is 9.22. The average molecular weight is 481 g/mol. The molecule has 0 bridgehead atoms. The van der Waals surface area contributed by atoms with E-state index in [1.807, 2.05) is 85.8 Å². The summed E-state index contributed by atoms with van der Waals surface area (Å²) in [4.78, 5) is 29.2. The summed E-state index contributed by atoms with van der Waals surface area (Å²) in [6.07, 6.45) is 0. The molecule has 0 saturated carbocycles. The van der Waals surface area contributed by atoms with E-state index in [1.165, 1.54) is 0 Å². The molecule has 36 heavy (non-hydrogen) atoms. The van der Waals surface area contributed by atoms with Gasteiger partial charge in [-0.05, 0) is 61.9 Å². The topological polar surface area (TPSA) is 76.5 Å². The van der Waals surface area contributed by atoms with Crippen LogP contribution in [-0.4, -0.2) is 34.2 Å². The molecule has 4 aromatic rings. The van der Waals surface area contributed by atoms with Crippen LogP contribution in [0.3, 0.4) is 0 Å². The lowest BCUT2D eigenvalue weighted by atomic mass is 9.93. The van der Waals surface area contributed by atoms with Gasteiger partial charge in [-0.15, -0.1) is 0 Å². The maximum absolute atomic E-state index is 13.9. The van der Waals surface area contributed by atoms with Crippen molar-refractivity contribution in [3.8, 4) is 17.0 Å². The van der Waals surface area contributed by atoms with Gasteiger partial charge in [0, 0.05) is 17.8 Å². The van der Waals surface area contributed by atoms with Crippen LogP contribution in [0.5, 0.6) is 5.75 Å². The van der Waals surface area contributed by atoms with E-state index in [-0.39, 0.29) is 18.4 Å². The third-order valence-corrected chi connectivity index (χ3v) is 6.62. The van der Waals surface area contributed by atoms with Gasteiger partial charge in [-0.2, -0.15) is 5.10 Å². The molecule has 0 fully saturated rings. The molecule has 1 N–H and O–H groups in total. The Morgan fingerprint density at radius 1 is 1.03 bits per heavy atom. The van der Waals surface area contributed by atoms with E-state index in [0.29, 0.717) is 23.6 Å². The predicted octanol–water partition coefficient (Wildman–Crippen LogP) is 4.60. The van der Waals surface area contributed by atoms with Crippen molar-refractivity contribution in [1.82, 2.24) is 15.1 Å². The number of aryl methyl sites for hydroxylation is 1. The Kier molecular flexibility index (Phi) is 6.06. The maximum Gasteiger partial charge on any atom is 0.277 e. The molecule has 0 saturated heterocycles. The molecule has 2 heterocycles. The van der Waals surface area contributed by atoms with Crippen molar-refractivity contribution in [1.29, 1.82) is 0 Å². The Labute approximate surface area is 210 Å². The molecule has 1 aromatic heterocycles. The molecule has 2 amide bonds. The summed E-state index contributed by atoms with van der Waals surface area (Å²) in [5.41, 5.74) is 3.51. The highest BCUT2D eigenvalue weighted by Gasteiger charge is 2.48. The Balaban J connectivity index is 1.53. The zero-order chi connectivity index (χ0) is 25.3. The summed E-state index contributed by atoms with van der Waals surface area (Å²) in [6.45, 7) is 4.37. The molecule has 0 radical (unpaired) electrons. The van der Waals surface area contributed by atoms with Gasteiger partial charge in [0.25, 0.3) is 5.91 Å². The highest BCUT2D eigenvalue weighted by Crippen LogP contribution is 2.34. The number of hydrogen-bond acceptors (Lipinski definition) is 4. The number of nitrogens with zero attached hydrogens (tertiary/aromatic N) is 3. The lowest BCUT2D eigenvalue weighted by Gasteiger charge is -2.43. The van der Waals surface area contributed by atoms with Crippen LogP contribution >= 0.6 is 0 Å². The Morgan fingerprint density at radius 2 is 1.72 bits per heavy atom. The third kappa shape index (κ3) is 4.24. The van der Waals surface area contributed by atoms with E-state index in [0.717, 1.165) is 22.4 Å². The predicted molar refractivity (Wildman–Crippen MR) is 139 cm³/mol. The van der Waals surface area contributed by atoms with Crippen LogP contribution in [0.25, 0.3) is 11.3 Å². The molecule has 0 aliphatic carbocycles. The summed E-state index contributed by atoms with van der Waals surface area (Å²) in [7, 11) is 1.62. The van der Waals surface area contributed by atoms with Crippen LogP contribution < -0.4 is 15.0 Å². The molecule has 0 spiro atoms. The fourth-order valence-corrected chi connectivity index (χ4v) is 4.55. The average Bonchev–Trinajstić information content (AvgIpc) is 3.33. The molecule has 0 unspecified atom stereocenters. The highest BCUT2D eigenvalue weighted by atomic mass is 16.5. The fraction of sp³-hybridized carbons (Fsp3) is 0.207. The van der Waals surface area contributed by atoms with E-state index in [9.17, 15) is 9.59 Å². The molecule has 7 nitrogen and oxygen atoms in total. The van der Waals surface area contributed by atoms with E-state index < -0.39 is 5.54 Å². The van der Waals surface area contributed by atoms with Crippen molar-refractivity contribution in [3.05, 3.63) is 102 Å². The summed E-state index contributed by atoms with van der Waals surface area (Å²) >= 11 is 0. The van der Waals surface area contributed by atoms with Gasteiger partial charge in [0.2, 0.25) is 5.91 Å². The van der Waals surface area contributed by atoms with Gasteiger partial charge in [0.1, 0.15) is 17.0 Å². The zero-order valence-electron chi connectivity index (χ0n) is 20.6. The number of rotatable bonds is 6. The summed E-state index contributed by atoms with van der Waals surface area (Å²) in [5.74, 6) is 0.231. The van der Waals surface area contributed by atoms with Gasteiger partial charge in [-0.25, -0.2) is 0 Å². The van der Waals surface area contributed by atoms with Gasteiger partial charge in [0.05, 0.1) is 19.3 Å². The normalized spacial score (nSPS) is 17.0. The summed E-state index contributed by atoms with van der Waals surface area (Å²) in [6, 6.07) is 26.7. The van der Waals surface area contributed by atoms with Crippen LogP contribution in [0.1, 0.15) is 28.5 Å². The SMILES string of the molecule is COc1ccc(-c2cc3n(n2)C[C@@](C)(C(=O)NCc2ccccc2)N(c2ccc(C)cc2)C3=O)cc1. The van der Waals surface area contributed by atoms with E-state index >= 15 is 0 Å².